The van der Waals surface area contributed by atoms with Gasteiger partial charge >= 0.3 is 0 Å². The van der Waals surface area contributed by atoms with Crippen molar-refractivity contribution in [3.63, 3.8) is 0 Å². The van der Waals surface area contributed by atoms with E-state index >= 15 is 0 Å². The van der Waals surface area contributed by atoms with Crippen molar-refractivity contribution in [2.75, 3.05) is 6.54 Å². The number of nitrogens with zero attached hydrogens (tertiary/aromatic N) is 2. The fourth-order valence-corrected chi connectivity index (χ4v) is 1.64. The summed E-state index contributed by atoms with van der Waals surface area (Å²) in [5.74, 6) is 1.30. The highest BCUT2D eigenvalue weighted by atomic mass is 14.9. The average molecular weight is 221 g/mol. The van der Waals surface area contributed by atoms with Crippen LogP contribution in [0, 0.1) is 11.8 Å². The predicted molar refractivity (Wildman–Crippen MR) is 67.2 cm³/mol. The standard InChI is InChI=1S/C13H23N3/c1-10(2)12(8-15-11(3)4)7-13-5-6-14-9-16-13/h5-6,9-12,15H,7-8H2,1-4H3. The molecule has 1 heterocycles. The van der Waals surface area contributed by atoms with Gasteiger partial charge in [0.2, 0.25) is 0 Å². The van der Waals surface area contributed by atoms with E-state index in [2.05, 4.69) is 43.0 Å². The Morgan fingerprint density at radius 3 is 2.50 bits per heavy atom. The summed E-state index contributed by atoms with van der Waals surface area (Å²) in [6.07, 6.45) is 4.47. The maximum absolute atomic E-state index is 4.29. The van der Waals surface area contributed by atoms with Gasteiger partial charge in [-0.05, 0) is 30.9 Å². The molecule has 1 aromatic rings. The van der Waals surface area contributed by atoms with E-state index in [0.717, 1.165) is 18.7 Å². The monoisotopic (exact) mass is 221 g/mol. The fourth-order valence-electron chi connectivity index (χ4n) is 1.64. The van der Waals surface area contributed by atoms with Gasteiger partial charge in [-0.3, -0.25) is 0 Å². The molecule has 0 fully saturated rings. The van der Waals surface area contributed by atoms with Crippen molar-refractivity contribution in [3.8, 4) is 0 Å². The fraction of sp³-hybridized carbons (Fsp3) is 0.692. The smallest absolute Gasteiger partial charge is 0.115 e. The first-order valence-electron chi connectivity index (χ1n) is 6.08. The van der Waals surface area contributed by atoms with Crippen LogP contribution in [0.5, 0.6) is 0 Å². The molecule has 1 unspecified atom stereocenters. The van der Waals surface area contributed by atoms with Crippen molar-refractivity contribution in [1.29, 1.82) is 0 Å². The molecule has 1 rings (SSSR count). The summed E-state index contributed by atoms with van der Waals surface area (Å²) in [4.78, 5) is 8.23. The van der Waals surface area contributed by atoms with E-state index in [1.54, 1.807) is 6.33 Å². The van der Waals surface area contributed by atoms with E-state index in [1.165, 1.54) is 0 Å². The molecule has 1 aromatic heterocycles. The van der Waals surface area contributed by atoms with Gasteiger partial charge in [0.25, 0.3) is 0 Å². The van der Waals surface area contributed by atoms with Crippen LogP contribution in [0.1, 0.15) is 33.4 Å². The molecule has 0 saturated carbocycles. The van der Waals surface area contributed by atoms with Gasteiger partial charge in [0.1, 0.15) is 6.33 Å². The maximum Gasteiger partial charge on any atom is 0.115 e. The van der Waals surface area contributed by atoms with Crippen LogP contribution < -0.4 is 5.32 Å². The quantitative estimate of drug-likeness (QED) is 0.801. The summed E-state index contributed by atoms with van der Waals surface area (Å²) >= 11 is 0. The van der Waals surface area contributed by atoms with Gasteiger partial charge in [-0.1, -0.05) is 27.7 Å². The van der Waals surface area contributed by atoms with Gasteiger partial charge in [-0.15, -0.1) is 0 Å². The van der Waals surface area contributed by atoms with Crippen LogP contribution in [0.15, 0.2) is 18.6 Å². The molecule has 16 heavy (non-hydrogen) atoms. The first-order chi connectivity index (χ1) is 7.59. The molecule has 3 nitrogen and oxygen atoms in total. The van der Waals surface area contributed by atoms with E-state index < -0.39 is 0 Å². The normalized spacial score (nSPS) is 13.4. The number of nitrogens with one attached hydrogen (secondary N) is 1. The van der Waals surface area contributed by atoms with Gasteiger partial charge in [-0.2, -0.15) is 0 Å². The molecule has 3 heteroatoms. The topological polar surface area (TPSA) is 37.8 Å². The molecule has 0 aromatic carbocycles. The van der Waals surface area contributed by atoms with Crippen molar-refractivity contribution >= 4 is 0 Å². The van der Waals surface area contributed by atoms with Crippen LogP contribution >= 0.6 is 0 Å². The highest BCUT2D eigenvalue weighted by Gasteiger charge is 2.14. The van der Waals surface area contributed by atoms with E-state index in [9.17, 15) is 0 Å². The third-order valence-corrected chi connectivity index (χ3v) is 2.85. The minimum atomic E-state index is 0.548. The molecule has 0 radical (unpaired) electrons. The van der Waals surface area contributed by atoms with Crippen molar-refractivity contribution in [3.05, 3.63) is 24.3 Å². The van der Waals surface area contributed by atoms with Crippen LogP contribution in [0.3, 0.4) is 0 Å². The lowest BCUT2D eigenvalue weighted by atomic mass is 9.91. The third-order valence-electron chi connectivity index (χ3n) is 2.85. The van der Waals surface area contributed by atoms with E-state index in [4.69, 9.17) is 0 Å². The Hall–Kier alpha value is -0.960. The molecule has 0 amide bonds. The van der Waals surface area contributed by atoms with Gasteiger partial charge in [0, 0.05) is 17.9 Å². The van der Waals surface area contributed by atoms with Gasteiger partial charge in [0.15, 0.2) is 0 Å². The zero-order chi connectivity index (χ0) is 12.0. The Balaban J connectivity index is 2.51. The highest BCUT2D eigenvalue weighted by Crippen LogP contribution is 2.15. The zero-order valence-corrected chi connectivity index (χ0v) is 10.8. The van der Waals surface area contributed by atoms with E-state index in [-0.39, 0.29) is 0 Å². The van der Waals surface area contributed by atoms with Crippen LogP contribution in [-0.4, -0.2) is 22.6 Å². The molecule has 1 atom stereocenters. The first kappa shape index (κ1) is 13.1. The summed E-state index contributed by atoms with van der Waals surface area (Å²) in [5, 5.41) is 3.50. The summed E-state index contributed by atoms with van der Waals surface area (Å²) in [5.41, 5.74) is 1.14. The molecule has 0 bridgehead atoms. The lowest BCUT2D eigenvalue weighted by Crippen LogP contribution is -2.32. The second-order valence-electron chi connectivity index (χ2n) is 4.97. The van der Waals surface area contributed by atoms with Crippen LogP contribution in [0.4, 0.5) is 0 Å². The number of hydrogen-bond donors (Lipinski definition) is 1. The summed E-state index contributed by atoms with van der Waals surface area (Å²) in [6, 6.07) is 2.55. The molecular weight excluding hydrogens is 198 g/mol. The number of aromatic nitrogens is 2. The Labute approximate surface area is 98.7 Å². The van der Waals surface area contributed by atoms with Gasteiger partial charge in [-0.25, -0.2) is 9.97 Å². The maximum atomic E-state index is 4.29. The van der Waals surface area contributed by atoms with Crippen molar-refractivity contribution in [1.82, 2.24) is 15.3 Å². The lowest BCUT2D eigenvalue weighted by Gasteiger charge is -2.22. The number of rotatable bonds is 6. The second kappa shape index (κ2) is 6.59. The lowest BCUT2D eigenvalue weighted by molar-refractivity contribution is 0.346. The zero-order valence-electron chi connectivity index (χ0n) is 10.8. The highest BCUT2D eigenvalue weighted by molar-refractivity contribution is 4.99. The largest absolute Gasteiger partial charge is 0.314 e. The summed E-state index contributed by atoms with van der Waals surface area (Å²) in [6.45, 7) is 9.96. The van der Waals surface area contributed by atoms with Crippen molar-refractivity contribution in [2.45, 2.75) is 40.2 Å². The Bertz CT molecular complexity index is 282. The molecular formula is C13H23N3. The Morgan fingerprint density at radius 2 is 2.00 bits per heavy atom. The molecule has 0 spiro atoms. The molecule has 0 aliphatic carbocycles. The molecule has 0 aliphatic rings. The summed E-state index contributed by atoms with van der Waals surface area (Å²) < 4.78 is 0. The predicted octanol–water partition coefficient (Wildman–Crippen LogP) is 2.29. The second-order valence-corrected chi connectivity index (χ2v) is 4.97. The molecule has 90 valence electrons. The number of hydrogen-bond acceptors (Lipinski definition) is 3. The van der Waals surface area contributed by atoms with Crippen LogP contribution in [-0.2, 0) is 6.42 Å². The van der Waals surface area contributed by atoms with Crippen LogP contribution in [0.25, 0.3) is 0 Å². The van der Waals surface area contributed by atoms with Crippen molar-refractivity contribution in [2.24, 2.45) is 11.8 Å². The van der Waals surface area contributed by atoms with E-state index in [1.807, 2.05) is 12.3 Å². The van der Waals surface area contributed by atoms with Crippen LogP contribution in [0.2, 0.25) is 0 Å². The minimum absolute atomic E-state index is 0.548. The molecule has 1 N–H and O–H groups in total. The minimum Gasteiger partial charge on any atom is -0.314 e. The van der Waals surface area contributed by atoms with Crippen molar-refractivity contribution < 1.29 is 0 Å². The third kappa shape index (κ3) is 4.71. The van der Waals surface area contributed by atoms with Gasteiger partial charge < -0.3 is 5.32 Å². The summed E-state index contributed by atoms with van der Waals surface area (Å²) in [7, 11) is 0. The van der Waals surface area contributed by atoms with E-state index in [0.29, 0.717) is 17.9 Å². The SMILES string of the molecule is CC(C)NCC(Cc1ccncn1)C(C)C. The Kier molecular flexibility index (Phi) is 5.39. The Morgan fingerprint density at radius 1 is 1.25 bits per heavy atom. The average Bonchev–Trinajstić information content (AvgIpc) is 2.25. The molecule has 0 aliphatic heterocycles. The first-order valence-corrected chi connectivity index (χ1v) is 6.08. The molecule has 0 saturated heterocycles. The van der Waals surface area contributed by atoms with Gasteiger partial charge in [0.05, 0.1) is 0 Å².